The number of pyridine rings is 1. The second-order valence-electron chi connectivity index (χ2n) is 6.44. The topological polar surface area (TPSA) is 69.5 Å². The molecule has 0 radical (unpaired) electrons. The van der Waals surface area contributed by atoms with Crippen molar-refractivity contribution in [1.82, 2.24) is 19.4 Å². The highest BCUT2D eigenvalue weighted by Gasteiger charge is 2.27. The van der Waals surface area contributed by atoms with Gasteiger partial charge in [-0.3, -0.25) is 9.78 Å². The third-order valence-electron chi connectivity index (χ3n) is 4.70. The summed E-state index contributed by atoms with van der Waals surface area (Å²) in [7, 11) is 1.54. The van der Waals surface area contributed by atoms with Gasteiger partial charge in [-0.2, -0.15) is 5.10 Å². The van der Waals surface area contributed by atoms with Gasteiger partial charge in [0.1, 0.15) is 17.4 Å². The molecule has 0 saturated carbocycles. The lowest BCUT2D eigenvalue weighted by molar-refractivity contribution is -0.137. The van der Waals surface area contributed by atoms with Crippen LogP contribution >= 0.6 is 51.6 Å². The number of rotatable bonds is 6. The van der Waals surface area contributed by atoms with Crippen molar-refractivity contribution < 1.29 is 14.3 Å². The first-order valence-corrected chi connectivity index (χ1v) is 13.4. The highest BCUT2D eigenvalue weighted by molar-refractivity contribution is 14.2. The van der Waals surface area contributed by atoms with Crippen LogP contribution in [0.4, 0.5) is 0 Å². The van der Waals surface area contributed by atoms with Gasteiger partial charge in [0.25, 0.3) is 0 Å². The normalized spacial score (nSPS) is 13.6. The molecule has 3 heterocycles. The van der Waals surface area contributed by atoms with Crippen LogP contribution < -0.4 is 4.74 Å². The molecule has 152 valence electrons. The standard InChI is InChI=1S/C18H16Cl2IN4O3P/c1-27-14-4-12-13-7-24(6-10(13)5-22-18(12)17(20)16(14)19)15(26)9-28-8-11-2-3-25(23-11)29-21/h2-5,29H,6-9H2,1H3. The highest BCUT2D eigenvalue weighted by Crippen LogP contribution is 2.40. The number of hydrogen-bond donors (Lipinski definition) is 0. The molecule has 0 spiro atoms. The molecular formula is C18H16Cl2IN4O3P. The molecule has 11 heteroatoms. The molecular weight excluding hydrogens is 549 g/mol. The Bertz CT molecular complexity index is 1090. The van der Waals surface area contributed by atoms with E-state index in [0.717, 1.165) is 22.2 Å². The van der Waals surface area contributed by atoms with Crippen LogP contribution in [-0.4, -0.2) is 39.1 Å². The fraction of sp³-hybridized carbons (Fsp3) is 0.278. The lowest BCUT2D eigenvalue weighted by atomic mass is 10.1. The van der Waals surface area contributed by atoms with Gasteiger partial charge in [0.2, 0.25) is 5.91 Å². The van der Waals surface area contributed by atoms with Crippen LogP contribution in [0.25, 0.3) is 10.9 Å². The Kier molecular flexibility index (Phi) is 6.46. The molecule has 0 bridgehead atoms. The zero-order chi connectivity index (χ0) is 20.5. The predicted octanol–water partition coefficient (Wildman–Crippen LogP) is 4.60. The fourth-order valence-electron chi connectivity index (χ4n) is 3.26. The fourth-order valence-corrected chi connectivity index (χ4v) is 4.83. The van der Waals surface area contributed by atoms with Crippen LogP contribution in [-0.2, 0) is 29.2 Å². The lowest BCUT2D eigenvalue weighted by Gasteiger charge is -2.15. The molecule has 0 aliphatic carbocycles. The lowest BCUT2D eigenvalue weighted by Crippen LogP contribution is -2.29. The zero-order valence-corrected chi connectivity index (χ0v) is 20.0. The van der Waals surface area contributed by atoms with Gasteiger partial charge in [0.05, 0.1) is 36.3 Å². The first-order chi connectivity index (χ1) is 14.0. The Morgan fingerprint density at radius 1 is 1.34 bits per heavy atom. The summed E-state index contributed by atoms with van der Waals surface area (Å²) in [6, 6.07) is 3.71. The monoisotopic (exact) mass is 564 g/mol. The molecule has 0 saturated heterocycles. The molecule has 1 aliphatic rings. The van der Waals surface area contributed by atoms with Crippen LogP contribution in [0.5, 0.6) is 5.75 Å². The van der Waals surface area contributed by atoms with Crippen LogP contribution in [0.15, 0.2) is 24.5 Å². The Labute approximate surface area is 192 Å². The average Bonchev–Trinajstić information content (AvgIpc) is 3.37. The van der Waals surface area contributed by atoms with Gasteiger partial charge < -0.3 is 14.4 Å². The number of carbonyl (C=O) groups is 1. The van der Waals surface area contributed by atoms with Crippen molar-refractivity contribution in [2.24, 2.45) is 0 Å². The van der Waals surface area contributed by atoms with Crippen LogP contribution in [0, 0.1) is 0 Å². The third-order valence-corrected chi connectivity index (χ3v) is 7.44. The van der Waals surface area contributed by atoms with Crippen molar-refractivity contribution in [3.05, 3.63) is 51.4 Å². The summed E-state index contributed by atoms with van der Waals surface area (Å²) in [4.78, 5) is 18.8. The van der Waals surface area contributed by atoms with Gasteiger partial charge in [0, 0.05) is 30.9 Å². The van der Waals surface area contributed by atoms with Gasteiger partial charge in [-0.05, 0) is 45.3 Å². The van der Waals surface area contributed by atoms with Gasteiger partial charge in [-0.25, -0.2) is 4.45 Å². The molecule has 0 fully saturated rings. The minimum absolute atomic E-state index is 0.00532. The van der Waals surface area contributed by atoms with Crippen molar-refractivity contribution >= 4 is 68.4 Å². The van der Waals surface area contributed by atoms with E-state index in [1.54, 1.807) is 11.1 Å². The maximum absolute atomic E-state index is 12.6. The minimum Gasteiger partial charge on any atom is -0.495 e. The van der Waals surface area contributed by atoms with E-state index in [2.05, 4.69) is 32.1 Å². The Morgan fingerprint density at radius 3 is 2.90 bits per heavy atom. The Balaban J connectivity index is 1.47. The summed E-state index contributed by atoms with van der Waals surface area (Å²) in [5.41, 5.74) is 3.39. The molecule has 1 amide bonds. The van der Waals surface area contributed by atoms with Gasteiger partial charge >= 0.3 is 0 Å². The van der Waals surface area contributed by atoms with Crippen LogP contribution in [0.1, 0.15) is 16.8 Å². The highest BCUT2D eigenvalue weighted by atomic mass is 127. The molecule has 1 aliphatic heterocycles. The number of benzene rings is 1. The average molecular weight is 565 g/mol. The van der Waals surface area contributed by atoms with E-state index >= 15 is 0 Å². The first kappa shape index (κ1) is 21.1. The van der Waals surface area contributed by atoms with E-state index < -0.39 is 0 Å². The third kappa shape index (κ3) is 4.18. The summed E-state index contributed by atoms with van der Waals surface area (Å²) in [5, 5.41) is 5.88. The molecule has 3 aromatic rings. The van der Waals surface area contributed by atoms with E-state index in [4.69, 9.17) is 32.7 Å². The van der Waals surface area contributed by atoms with Crippen molar-refractivity contribution in [3.8, 4) is 5.75 Å². The summed E-state index contributed by atoms with van der Waals surface area (Å²) < 4.78 is 12.7. The van der Waals surface area contributed by atoms with Crippen LogP contribution in [0.2, 0.25) is 10.0 Å². The summed E-state index contributed by atoms with van der Waals surface area (Å²) in [5.74, 6) is 0.399. The predicted molar refractivity (Wildman–Crippen MR) is 122 cm³/mol. The number of halogens is 3. The number of nitrogens with zero attached hydrogens (tertiary/aromatic N) is 4. The molecule has 2 aromatic heterocycles. The molecule has 29 heavy (non-hydrogen) atoms. The molecule has 1 aromatic carbocycles. The van der Waals surface area contributed by atoms with E-state index in [9.17, 15) is 4.79 Å². The number of fused-ring (bicyclic) bond motifs is 3. The Morgan fingerprint density at radius 2 is 2.17 bits per heavy atom. The van der Waals surface area contributed by atoms with Crippen molar-refractivity contribution in [2.75, 3.05) is 13.7 Å². The molecule has 0 N–H and O–H groups in total. The van der Waals surface area contributed by atoms with E-state index in [1.165, 1.54) is 7.11 Å². The largest absolute Gasteiger partial charge is 0.495 e. The summed E-state index contributed by atoms with van der Waals surface area (Å²) in [6.07, 6.45) is 4.18. The number of hydrogen-bond acceptors (Lipinski definition) is 5. The number of ether oxygens (including phenoxy) is 2. The number of aromatic nitrogens is 3. The van der Waals surface area contributed by atoms with Crippen molar-refractivity contribution in [1.29, 1.82) is 0 Å². The first-order valence-electron chi connectivity index (χ1n) is 8.61. The molecule has 4 rings (SSSR count). The van der Waals surface area contributed by atoms with Crippen molar-refractivity contribution in [2.45, 2.75) is 19.7 Å². The maximum atomic E-state index is 12.6. The van der Waals surface area contributed by atoms with E-state index in [-0.39, 0.29) is 12.5 Å². The van der Waals surface area contributed by atoms with E-state index in [1.807, 2.05) is 22.8 Å². The van der Waals surface area contributed by atoms with Crippen molar-refractivity contribution in [3.63, 3.8) is 0 Å². The second kappa shape index (κ2) is 8.89. The summed E-state index contributed by atoms with van der Waals surface area (Å²) in [6.45, 7) is 1.24. The quantitative estimate of drug-likeness (QED) is 0.323. The zero-order valence-electron chi connectivity index (χ0n) is 15.3. The van der Waals surface area contributed by atoms with Crippen LogP contribution in [0.3, 0.4) is 0 Å². The molecule has 1 unspecified atom stereocenters. The number of amides is 1. The number of methoxy groups -OCH3 is 1. The minimum atomic E-state index is -0.0865. The Hall–Kier alpha value is -1.19. The van der Waals surface area contributed by atoms with Gasteiger partial charge in [-0.1, -0.05) is 23.2 Å². The summed E-state index contributed by atoms with van der Waals surface area (Å²) >= 11 is 14.9. The molecule has 7 nitrogen and oxygen atoms in total. The number of carbonyl (C=O) groups excluding carboxylic acids is 1. The van der Waals surface area contributed by atoms with E-state index in [0.29, 0.717) is 47.4 Å². The van der Waals surface area contributed by atoms with Gasteiger partial charge in [0.15, 0.2) is 0 Å². The molecule has 1 atom stereocenters. The maximum Gasteiger partial charge on any atom is 0.249 e. The SMILES string of the molecule is COc1cc2c3c(cnc2c(Cl)c1Cl)CN(C(=O)COCc1ccn(PI)n1)C3. The smallest absolute Gasteiger partial charge is 0.249 e. The van der Waals surface area contributed by atoms with Gasteiger partial charge in [-0.15, -0.1) is 0 Å². The second-order valence-corrected chi connectivity index (χ2v) is 9.27.